The number of methoxy groups -OCH3 is 1. The molecule has 4 nitrogen and oxygen atoms in total. The van der Waals surface area contributed by atoms with E-state index in [4.69, 9.17) is 9.47 Å². The predicted molar refractivity (Wildman–Crippen MR) is 82.7 cm³/mol. The first-order valence-corrected chi connectivity index (χ1v) is 7.51. The summed E-state index contributed by atoms with van der Waals surface area (Å²) in [6.45, 7) is 7.86. The fourth-order valence-corrected chi connectivity index (χ4v) is 2.80. The van der Waals surface area contributed by atoms with Gasteiger partial charge in [-0.3, -0.25) is 4.79 Å². The number of carbonyl (C=O) groups excluding carboxylic acids is 1. The largest absolute Gasteiger partial charge is 0.497 e. The number of ether oxygens (including phenoxy) is 2. The maximum atomic E-state index is 12.5. The van der Waals surface area contributed by atoms with Gasteiger partial charge in [0.05, 0.1) is 7.11 Å². The Morgan fingerprint density at radius 3 is 2.71 bits per heavy atom. The molecule has 116 valence electrons. The second-order valence-electron chi connectivity index (χ2n) is 6.47. The van der Waals surface area contributed by atoms with E-state index in [0.717, 1.165) is 25.3 Å². The Balaban J connectivity index is 1.98. The average Bonchev–Trinajstić information content (AvgIpc) is 2.45. The fraction of sp³-hybridized carbons (Fsp3) is 0.588. The van der Waals surface area contributed by atoms with Crippen LogP contribution in [-0.2, 0) is 4.79 Å². The van der Waals surface area contributed by atoms with Crippen LogP contribution in [0, 0.1) is 5.41 Å². The Morgan fingerprint density at radius 2 is 2.05 bits per heavy atom. The van der Waals surface area contributed by atoms with Gasteiger partial charge < -0.3 is 14.4 Å². The highest BCUT2D eigenvalue weighted by Crippen LogP contribution is 2.29. The molecule has 4 heteroatoms. The molecule has 0 bridgehead atoms. The van der Waals surface area contributed by atoms with Crippen LogP contribution in [0.15, 0.2) is 24.3 Å². The Bertz CT molecular complexity index is 499. The first kappa shape index (κ1) is 15.7. The predicted octanol–water partition coefficient (Wildman–Crippen LogP) is 3.11. The van der Waals surface area contributed by atoms with E-state index in [-0.39, 0.29) is 11.3 Å². The number of rotatable bonds is 4. The van der Waals surface area contributed by atoms with Gasteiger partial charge in [-0.15, -0.1) is 0 Å². The molecule has 1 aliphatic rings. The minimum absolute atomic E-state index is 0.0607. The van der Waals surface area contributed by atoms with Crippen LogP contribution in [0.25, 0.3) is 0 Å². The van der Waals surface area contributed by atoms with Crippen molar-refractivity contribution >= 4 is 5.91 Å². The van der Waals surface area contributed by atoms with Crippen LogP contribution in [0.1, 0.15) is 33.6 Å². The van der Waals surface area contributed by atoms with Crippen molar-refractivity contribution in [3.63, 3.8) is 0 Å². The molecule has 0 saturated carbocycles. The summed E-state index contributed by atoms with van der Waals surface area (Å²) in [5.74, 6) is 1.45. The lowest BCUT2D eigenvalue weighted by atomic mass is 9.84. The molecule has 1 aliphatic heterocycles. The Kier molecular flexibility index (Phi) is 4.76. The number of nitrogens with zero attached hydrogens (tertiary/aromatic N) is 1. The van der Waals surface area contributed by atoms with Gasteiger partial charge in [-0.2, -0.15) is 0 Å². The van der Waals surface area contributed by atoms with Gasteiger partial charge in [0.1, 0.15) is 11.5 Å². The van der Waals surface area contributed by atoms with Gasteiger partial charge in [0.2, 0.25) is 0 Å². The Morgan fingerprint density at radius 1 is 1.33 bits per heavy atom. The van der Waals surface area contributed by atoms with Gasteiger partial charge in [-0.1, -0.05) is 19.9 Å². The van der Waals surface area contributed by atoms with E-state index < -0.39 is 6.10 Å². The van der Waals surface area contributed by atoms with E-state index in [1.54, 1.807) is 13.2 Å². The first-order valence-electron chi connectivity index (χ1n) is 7.51. The van der Waals surface area contributed by atoms with Gasteiger partial charge >= 0.3 is 0 Å². The van der Waals surface area contributed by atoms with Crippen molar-refractivity contribution in [2.45, 2.75) is 39.7 Å². The Labute approximate surface area is 127 Å². The molecule has 0 spiro atoms. The molecule has 1 saturated heterocycles. The molecule has 0 N–H and O–H groups in total. The van der Waals surface area contributed by atoms with Crippen molar-refractivity contribution in [1.29, 1.82) is 0 Å². The Hall–Kier alpha value is -1.71. The summed E-state index contributed by atoms with van der Waals surface area (Å²) in [6, 6.07) is 7.35. The van der Waals surface area contributed by atoms with Gasteiger partial charge in [0.15, 0.2) is 6.10 Å². The minimum Gasteiger partial charge on any atom is -0.497 e. The number of amides is 1. The number of carbonyl (C=O) groups is 1. The van der Waals surface area contributed by atoms with Crippen LogP contribution in [0.2, 0.25) is 0 Å². The van der Waals surface area contributed by atoms with Crippen LogP contribution in [0.3, 0.4) is 0 Å². The molecule has 1 aromatic rings. The van der Waals surface area contributed by atoms with Crippen molar-refractivity contribution < 1.29 is 14.3 Å². The van der Waals surface area contributed by atoms with Crippen LogP contribution in [0.5, 0.6) is 11.5 Å². The summed E-state index contributed by atoms with van der Waals surface area (Å²) in [7, 11) is 1.61. The van der Waals surface area contributed by atoms with Crippen LogP contribution >= 0.6 is 0 Å². The fourth-order valence-electron chi connectivity index (χ4n) is 2.80. The quantitative estimate of drug-likeness (QED) is 0.855. The standard InChI is InChI=1S/C17H25NO3/c1-13(21-15-8-5-7-14(11-15)20-4)16(19)18-10-6-9-17(2,3)12-18/h5,7-8,11,13H,6,9-10,12H2,1-4H3/t13-/m0/s1. The molecule has 0 unspecified atom stereocenters. The maximum absolute atomic E-state index is 12.5. The summed E-state index contributed by atoms with van der Waals surface area (Å²) in [6.07, 6.45) is 1.75. The zero-order valence-corrected chi connectivity index (χ0v) is 13.4. The normalized spacial score (nSPS) is 19.0. The summed E-state index contributed by atoms with van der Waals surface area (Å²) >= 11 is 0. The van der Waals surface area contributed by atoms with E-state index in [2.05, 4.69) is 13.8 Å². The smallest absolute Gasteiger partial charge is 0.263 e. The minimum atomic E-state index is -0.481. The van der Waals surface area contributed by atoms with Gasteiger partial charge in [0, 0.05) is 19.2 Å². The lowest BCUT2D eigenvalue weighted by Crippen LogP contribution is -2.48. The van der Waals surface area contributed by atoms with Crippen molar-refractivity contribution in [2.75, 3.05) is 20.2 Å². The lowest BCUT2D eigenvalue weighted by Gasteiger charge is -2.39. The maximum Gasteiger partial charge on any atom is 0.263 e. The second-order valence-corrected chi connectivity index (χ2v) is 6.47. The van der Waals surface area contributed by atoms with Crippen LogP contribution < -0.4 is 9.47 Å². The summed E-state index contributed by atoms with van der Waals surface area (Å²) in [5.41, 5.74) is 0.198. The third-order valence-electron chi connectivity index (χ3n) is 3.91. The zero-order chi connectivity index (χ0) is 15.5. The van der Waals surface area contributed by atoms with E-state index in [1.807, 2.05) is 30.0 Å². The molecule has 0 aliphatic carbocycles. The van der Waals surface area contributed by atoms with E-state index in [0.29, 0.717) is 5.75 Å². The number of benzene rings is 1. The second kappa shape index (κ2) is 6.37. The molecule has 2 rings (SSSR count). The number of likely N-dealkylation sites (tertiary alicyclic amines) is 1. The van der Waals surface area contributed by atoms with Crippen LogP contribution in [0.4, 0.5) is 0 Å². The SMILES string of the molecule is COc1cccc(O[C@@H](C)C(=O)N2CCCC(C)(C)C2)c1. The molecule has 1 fully saturated rings. The van der Waals surface area contributed by atoms with Gasteiger partial charge in [0.25, 0.3) is 5.91 Å². The molecule has 1 aromatic carbocycles. The number of hydrogen-bond donors (Lipinski definition) is 0. The molecular formula is C17H25NO3. The molecule has 21 heavy (non-hydrogen) atoms. The number of hydrogen-bond acceptors (Lipinski definition) is 3. The molecule has 1 atom stereocenters. The van der Waals surface area contributed by atoms with Crippen molar-refractivity contribution in [3.05, 3.63) is 24.3 Å². The number of piperidine rings is 1. The molecular weight excluding hydrogens is 266 g/mol. The highest BCUT2D eigenvalue weighted by Gasteiger charge is 2.31. The molecule has 0 aromatic heterocycles. The van der Waals surface area contributed by atoms with E-state index >= 15 is 0 Å². The first-order chi connectivity index (χ1) is 9.91. The van der Waals surface area contributed by atoms with E-state index in [1.165, 1.54) is 6.42 Å². The summed E-state index contributed by atoms with van der Waals surface area (Å²) in [5, 5.41) is 0. The third-order valence-corrected chi connectivity index (χ3v) is 3.91. The third kappa shape index (κ3) is 4.13. The summed E-state index contributed by atoms with van der Waals surface area (Å²) < 4.78 is 10.9. The van der Waals surface area contributed by atoms with Crippen LogP contribution in [-0.4, -0.2) is 37.1 Å². The highest BCUT2D eigenvalue weighted by molar-refractivity contribution is 5.81. The molecule has 0 radical (unpaired) electrons. The van der Waals surface area contributed by atoms with Gasteiger partial charge in [-0.05, 0) is 37.3 Å². The molecule has 1 amide bonds. The summed E-state index contributed by atoms with van der Waals surface area (Å²) in [4.78, 5) is 14.4. The highest BCUT2D eigenvalue weighted by atomic mass is 16.5. The van der Waals surface area contributed by atoms with Crippen molar-refractivity contribution in [3.8, 4) is 11.5 Å². The van der Waals surface area contributed by atoms with Crippen molar-refractivity contribution in [1.82, 2.24) is 4.90 Å². The zero-order valence-electron chi connectivity index (χ0n) is 13.4. The monoisotopic (exact) mass is 291 g/mol. The molecule has 1 heterocycles. The topological polar surface area (TPSA) is 38.8 Å². The van der Waals surface area contributed by atoms with E-state index in [9.17, 15) is 4.79 Å². The average molecular weight is 291 g/mol. The van der Waals surface area contributed by atoms with Gasteiger partial charge in [-0.25, -0.2) is 0 Å². The lowest BCUT2D eigenvalue weighted by molar-refractivity contribution is -0.141. The van der Waals surface area contributed by atoms with Crippen molar-refractivity contribution in [2.24, 2.45) is 5.41 Å².